The minimum absolute atomic E-state index is 0.229. The number of ether oxygens (including phenoxy) is 1. The number of carbonyl (C=O) groups is 4. The van der Waals surface area contributed by atoms with Gasteiger partial charge in [0.1, 0.15) is 6.04 Å². The molecule has 3 amide bonds. The first-order chi connectivity index (χ1) is 14.8. The number of likely N-dealkylation sites (tertiary alicyclic amines) is 1. The van der Waals surface area contributed by atoms with Crippen LogP contribution in [0.2, 0.25) is 0 Å². The van der Waals surface area contributed by atoms with Crippen molar-refractivity contribution in [3.8, 4) is 0 Å². The second-order valence-corrected chi connectivity index (χ2v) is 11.0. The van der Waals surface area contributed by atoms with Gasteiger partial charge in [-0.2, -0.15) is 0 Å². The first-order valence-corrected chi connectivity index (χ1v) is 12.2. The molecule has 5 aliphatic carbocycles. The molecule has 3 atom stereocenters. The van der Waals surface area contributed by atoms with E-state index in [-0.39, 0.29) is 41.6 Å². The fourth-order valence-corrected chi connectivity index (χ4v) is 7.78. The van der Waals surface area contributed by atoms with E-state index in [1.807, 2.05) is 0 Å². The molecule has 5 saturated carbocycles. The molecule has 6 rings (SSSR count). The number of amides is 3. The van der Waals surface area contributed by atoms with Crippen LogP contribution in [-0.4, -0.2) is 47.8 Å². The van der Waals surface area contributed by atoms with Gasteiger partial charge in [-0.25, -0.2) is 4.79 Å². The first-order valence-electron chi connectivity index (χ1n) is 12.2. The highest BCUT2D eigenvalue weighted by Crippen LogP contribution is 2.59. The lowest BCUT2D eigenvalue weighted by atomic mass is 9.49. The summed E-state index contributed by atoms with van der Waals surface area (Å²) in [6.07, 6.45) is 11.0. The van der Waals surface area contributed by atoms with Crippen molar-refractivity contribution in [1.82, 2.24) is 10.2 Å². The molecule has 7 nitrogen and oxygen atoms in total. The smallest absolute Gasteiger partial charge is 0.329 e. The monoisotopic (exact) mass is 430 g/mol. The second kappa shape index (κ2) is 7.89. The number of nitrogens with zero attached hydrogens (tertiary/aromatic N) is 1. The van der Waals surface area contributed by atoms with Gasteiger partial charge in [-0.05, 0) is 81.5 Å². The van der Waals surface area contributed by atoms with E-state index in [2.05, 4.69) is 5.32 Å². The molecule has 1 heterocycles. The van der Waals surface area contributed by atoms with Gasteiger partial charge in [-0.1, -0.05) is 12.8 Å². The molecule has 6 fully saturated rings. The van der Waals surface area contributed by atoms with E-state index in [1.54, 1.807) is 0 Å². The van der Waals surface area contributed by atoms with E-state index in [0.717, 1.165) is 35.5 Å². The van der Waals surface area contributed by atoms with E-state index in [4.69, 9.17) is 4.74 Å². The van der Waals surface area contributed by atoms with E-state index >= 15 is 0 Å². The summed E-state index contributed by atoms with van der Waals surface area (Å²) in [5.74, 6) is 0.369. The minimum Gasteiger partial charge on any atom is -0.454 e. The van der Waals surface area contributed by atoms with E-state index in [0.29, 0.717) is 19.4 Å². The van der Waals surface area contributed by atoms with Crippen molar-refractivity contribution in [1.29, 1.82) is 0 Å². The van der Waals surface area contributed by atoms with Crippen LogP contribution < -0.4 is 5.32 Å². The van der Waals surface area contributed by atoms with E-state index < -0.39 is 12.0 Å². The van der Waals surface area contributed by atoms with Crippen molar-refractivity contribution >= 4 is 23.7 Å². The van der Waals surface area contributed by atoms with Gasteiger partial charge in [0.15, 0.2) is 6.61 Å². The SMILES string of the molecule is C[C@@H](C(=O)OCC(=O)NCC12CC3CC(CC(C3)C1)C2)N1C(=O)[C@H]2CCCC[C@H]2C1=O. The van der Waals surface area contributed by atoms with Crippen molar-refractivity contribution in [3.05, 3.63) is 0 Å². The molecule has 31 heavy (non-hydrogen) atoms. The molecule has 0 aromatic rings. The summed E-state index contributed by atoms with van der Waals surface area (Å²) in [5.41, 5.74) is 0.229. The van der Waals surface area contributed by atoms with Gasteiger partial charge in [-0.3, -0.25) is 19.3 Å². The number of hydrogen-bond acceptors (Lipinski definition) is 5. The van der Waals surface area contributed by atoms with Gasteiger partial charge in [0.2, 0.25) is 11.8 Å². The number of esters is 1. The third-order valence-corrected chi connectivity index (χ3v) is 8.77. The molecule has 0 radical (unpaired) electrons. The summed E-state index contributed by atoms with van der Waals surface area (Å²) in [5, 5.41) is 3.00. The summed E-state index contributed by atoms with van der Waals surface area (Å²) in [4.78, 5) is 51.3. The Morgan fingerprint density at radius 1 is 1.00 bits per heavy atom. The second-order valence-electron chi connectivity index (χ2n) is 11.0. The van der Waals surface area contributed by atoms with Gasteiger partial charge in [0, 0.05) is 6.54 Å². The summed E-state index contributed by atoms with van der Waals surface area (Å²) in [6, 6.07) is -0.985. The number of nitrogens with one attached hydrogen (secondary N) is 1. The van der Waals surface area contributed by atoms with Crippen LogP contribution in [0, 0.1) is 35.0 Å². The number of carbonyl (C=O) groups excluding carboxylic acids is 4. The maximum Gasteiger partial charge on any atom is 0.329 e. The third-order valence-electron chi connectivity index (χ3n) is 8.77. The standard InChI is InChI=1S/C24H34N2O5/c1-14(26-21(28)18-4-2-3-5-19(18)22(26)29)23(30)31-12-20(27)25-13-24-9-15-6-16(10-24)8-17(7-15)11-24/h14-19H,2-13H2,1H3,(H,25,27)/t14-,15?,16?,17?,18-,19+,24?/m0/s1. The minimum atomic E-state index is -0.985. The number of hydrogen-bond donors (Lipinski definition) is 1. The fraction of sp³-hybridized carbons (Fsp3) is 0.833. The molecule has 6 aliphatic rings. The van der Waals surface area contributed by atoms with E-state index in [1.165, 1.54) is 45.4 Å². The molecule has 1 N–H and O–H groups in total. The maximum absolute atomic E-state index is 12.7. The first kappa shape index (κ1) is 21.0. The predicted molar refractivity (Wildman–Crippen MR) is 111 cm³/mol. The van der Waals surface area contributed by atoms with Crippen molar-refractivity contribution in [3.63, 3.8) is 0 Å². The molecule has 170 valence electrons. The highest BCUT2D eigenvalue weighted by atomic mass is 16.5. The Morgan fingerprint density at radius 2 is 1.52 bits per heavy atom. The average molecular weight is 431 g/mol. The molecular weight excluding hydrogens is 396 g/mol. The van der Waals surface area contributed by atoms with E-state index in [9.17, 15) is 19.2 Å². The third kappa shape index (κ3) is 3.78. The van der Waals surface area contributed by atoms with Crippen LogP contribution in [0.1, 0.15) is 71.1 Å². The molecule has 0 spiro atoms. The summed E-state index contributed by atoms with van der Waals surface area (Å²) >= 11 is 0. The van der Waals surface area contributed by atoms with Gasteiger partial charge >= 0.3 is 5.97 Å². The molecule has 4 bridgehead atoms. The molecule has 0 aromatic carbocycles. The highest BCUT2D eigenvalue weighted by Gasteiger charge is 2.52. The maximum atomic E-state index is 12.7. The molecule has 7 heteroatoms. The summed E-state index contributed by atoms with van der Waals surface area (Å²) in [6.45, 7) is 1.82. The van der Waals surface area contributed by atoms with Crippen LogP contribution in [0.3, 0.4) is 0 Å². The zero-order valence-corrected chi connectivity index (χ0v) is 18.4. The van der Waals surface area contributed by atoms with Crippen molar-refractivity contribution in [2.24, 2.45) is 35.0 Å². The Morgan fingerprint density at radius 3 is 2.03 bits per heavy atom. The highest BCUT2D eigenvalue weighted by molar-refractivity contribution is 6.07. The van der Waals surface area contributed by atoms with Crippen LogP contribution in [0.15, 0.2) is 0 Å². The average Bonchev–Trinajstić information content (AvgIpc) is 2.99. The topological polar surface area (TPSA) is 92.8 Å². The fourth-order valence-electron chi connectivity index (χ4n) is 7.78. The van der Waals surface area contributed by atoms with Crippen molar-refractivity contribution < 1.29 is 23.9 Å². The summed E-state index contributed by atoms with van der Waals surface area (Å²) in [7, 11) is 0. The predicted octanol–water partition coefficient (Wildman–Crippen LogP) is 2.43. The lowest BCUT2D eigenvalue weighted by Gasteiger charge is -2.56. The number of fused-ring (bicyclic) bond motifs is 1. The zero-order chi connectivity index (χ0) is 21.8. The van der Waals surface area contributed by atoms with Crippen molar-refractivity contribution in [2.45, 2.75) is 77.2 Å². The summed E-state index contributed by atoms with van der Waals surface area (Å²) < 4.78 is 5.20. The Balaban J connectivity index is 1.11. The van der Waals surface area contributed by atoms with Gasteiger partial charge in [0.05, 0.1) is 11.8 Å². The molecule has 0 unspecified atom stereocenters. The lowest BCUT2D eigenvalue weighted by Crippen LogP contribution is -2.51. The quantitative estimate of drug-likeness (QED) is 0.516. The van der Waals surface area contributed by atoms with Crippen LogP contribution in [-0.2, 0) is 23.9 Å². The van der Waals surface area contributed by atoms with Crippen LogP contribution in [0.5, 0.6) is 0 Å². The largest absolute Gasteiger partial charge is 0.454 e. The number of rotatable bonds is 6. The number of imide groups is 1. The van der Waals surface area contributed by atoms with Gasteiger partial charge in [0.25, 0.3) is 5.91 Å². The Kier molecular flexibility index (Phi) is 5.33. The Hall–Kier alpha value is -1.92. The van der Waals surface area contributed by atoms with Gasteiger partial charge < -0.3 is 10.1 Å². The van der Waals surface area contributed by atoms with Crippen molar-refractivity contribution in [2.75, 3.05) is 13.2 Å². The van der Waals surface area contributed by atoms with Gasteiger partial charge in [-0.15, -0.1) is 0 Å². The van der Waals surface area contributed by atoms with Crippen LogP contribution >= 0.6 is 0 Å². The normalized spacial score (nSPS) is 39.4. The van der Waals surface area contributed by atoms with Crippen LogP contribution in [0.25, 0.3) is 0 Å². The molecule has 1 saturated heterocycles. The lowest BCUT2D eigenvalue weighted by molar-refractivity contribution is -0.159. The molecule has 0 aromatic heterocycles. The Labute approximate surface area is 183 Å². The Bertz CT molecular complexity index is 734. The van der Waals surface area contributed by atoms with Crippen LogP contribution in [0.4, 0.5) is 0 Å². The zero-order valence-electron chi connectivity index (χ0n) is 18.4. The molecule has 1 aliphatic heterocycles. The molecular formula is C24H34N2O5.